The lowest BCUT2D eigenvalue weighted by Gasteiger charge is -2.13. The van der Waals surface area contributed by atoms with Crippen LogP contribution in [0.4, 0.5) is 0 Å². The number of hydrogen-bond donors (Lipinski definition) is 2. The van der Waals surface area contributed by atoms with Crippen LogP contribution in [0.25, 0.3) is 0 Å². The zero-order valence-corrected chi connectivity index (χ0v) is 7.29. The second-order valence-corrected chi connectivity index (χ2v) is 2.26. The van der Waals surface area contributed by atoms with Crippen LogP contribution in [0.1, 0.15) is 13.3 Å². The molecule has 0 saturated heterocycles. The number of nitrogens with two attached hydrogens (primary N) is 1. The number of methoxy groups -OCH3 is 1. The highest BCUT2D eigenvalue weighted by molar-refractivity contribution is 5.85. The first kappa shape index (κ1) is 10.9. The van der Waals surface area contributed by atoms with Crippen molar-refractivity contribution in [2.24, 2.45) is 5.73 Å². The molecule has 0 radical (unpaired) electrons. The Morgan fingerprint density at radius 1 is 1.58 bits per heavy atom. The molecule has 0 fully saturated rings. The van der Waals surface area contributed by atoms with Crippen LogP contribution < -0.4 is 11.1 Å². The Bertz CT molecular complexity index is 170. The lowest BCUT2D eigenvalue weighted by atomic mass is 10.2. The molecule has 5 heteroatoms. The molecule has 70 valence electrons. The second kappa shape index (κ2) is 5.54. The molecule has 0 unspecified atom stereocenters. The number of carbonyl (C=O) groups excluding carboxylic acids is 2. The van der Waals surface area contributed by atoms with Crippen molar-refractivity contribution >= 4 is 11.9 Å². The zero-order valence-electron chi connectivity index (χ0n) is 7.29. The third-order valence-electron chi connectivity index (χ3n) is 1.41. The van der Waals surface area contributed by atoms with E-state index in [0.29, 0.717) is 6.42 Å². The molecule has 5 nitrogen and oxygen atoms in total. The van der Waals surface area contributed by atoms with Gasteiger partial charge in [-0.15, -0.1) is 0 Å². The molecule has 1 atom stereocenters. The fourth-order valence-electron chi connectivity index (χ4n) is 0.723. The molecule has 0 aliphatic carbocycles. The van der Waals surface area contributed by atoms with Crippen molar-refractivity contribution in [2.75, 3.05) is 13.7 Å². The molecular formula is C7H14N2O3. The van der Waals surface area contributed by atoms with E-state index in [9.17, 15) is 9.59 Å². The first-order valence-electron chi connectivity index (χ1n) is 3.73. The van der Waals surface area contributed by atoms with Crippen molar-refractivity contribution in [1.29, 1.82) is 0 Å². The Balaban J connectivity index is 3.99. The summed E-state index contributed by atoms with van der Waals surface area (Å²) < 4.78 is 4.45. The Kier molecular flexibility index (Phi) is 5.03. The van der Waals surface area contributed by atoms with Crippen LogP contribution >= 0.6 is 0 Å². The number of ether oxygens (including phenoxy) is 1. The Morgan fingerprint density at radius 3 is 2.50 bits per heavy atom. The summed E-state index contributed by atoms with van der Waals surface area (Å²) in [6, 6.07) is -0.578. The molecule has 0 aliphatic rings. The highest BCUT2D eigenvalue weighted by Gasteiger charge is 2.17. The van der Waals surface area contributed by atoms with E-state index < -0.39 is 12.0 Å². The third kappa shape index (κ3) is 3.34. The molecule has 0 saturated carbocycles. The van der Waals surface area contributed by atoms with Gasteiger partial charge in [-0.05, 0) is 6.42 Å². The average Bonchev–Trinajstić information content (AvgIpc) is 2.12. The quantitative estimate of drug-likeness (QED) is 0.536. The minimum Gasteiger partial charge on any atom is -0.467 e. The number of carbonyl (C=O) groups is 2. The summed E-state index contributed by atoms with van der Waals surface area (Å²) in [4.78, 5) is 21.7. The molecule has 0 spiro atoms. The first-order valence-corrected chi connectivity index (χ1v) is 3.73. The topological polar surface area (TPSA) is 81.4 Å². The van der Waals surface area contributed by atoms with Crippen molar-refractivity contribution in [1.82, 2.24) is 5.32 Å². The van der Waals surface area contributed by atoms with Gasteiger partial charge in [-0.3, -0.25) is 4.79 Å². The number of amides is 1. The number of esters is 1. The molecule has 12 heavy (non-hydrogen) atoms. The van der Waals surface area contributed by atoms with Gasteiger partial charge < -0.3 is 15.8 Å². The molecular weight excluding hydrogens is 160 g/mol. The monoisotopic (exact) mass is 174 g/mol. The van der Waals surface area contributed by atoms with Crippen LogP contribution in [0, 0.1) is 0 Å². The highest BCUT2D eigenvalue weighted by Crippen LogP contribution is 1.92. The van der Waals surface area contributed by atoms with Gasteiger partial charge in [0.05, 0.1) is 13.7 Å². The first-order chi connectivity index (χ1) is 5.65. The van der Waals surface area contributed by atoms with E-state index in [-0.39, 0.29) is 12.5 Å². The maximum Gasteiger partial charge on any atom is 0.328 e. The Hall–Kier alpha value is -1.10. The van der Waals surface area contributed by atoms with Crippen LogP contribution in [0.5, 0.6) is 0 Å². The molecule has 0 bridgehead atoms. The summed E-state index contributed by atoms with van der Waals surface area (Å²) in [5.41, 5.74) is 5.05. The average molecular weight is 174 g/mol. The molecule has 3 N–H and O–H groups in total. The fourth-order valence-corrected chi connectivity index (χ4v) is 0.723. The molecule has 1 amide bonds. The SMILES string of the molecule is CC[C@H](NC(=O)CN)C(=O)OC. The lowest BCUT2D eigenvalue weighted by Crippen LogP contribution is -2.43. The van der Waals surface area contributed by atoms with E-state index >= 15 is 0 Å². The number of hydrogen-bond acceptors (Lipinski definition) is 4. The molecule has 0 aliphatic heterocycles. The van der Waals surface area contributed by atoms with Crippen LogP contribution in [0.3, 0.4) is 0 Å². The van der Waals surface area contributed by atoms with E-state index in [0.717, 1.165) is 0 Å². The largest absolute Gasteiger partial charge is 0.467 e. The smallest absolute Gasteiger partial charge is 0.328 e. The minimum atomic E-state index is -0.578. The fraction of sp³-hybridized carbons (Fsp3) is 0.714. The van der Waals surface area contributed by atoms with Crippen LogP contribution in [-0.4, -0.2) is 31.6 Å². The van der Waals surface area contributed by atoms with Gasteiger partial charge in [0.15, 0.2) is 0 Å². The van der Waals surface area contributed by atoms with Crippen LogP contribution in [0.2, 0.25) is 0 Å². The van der Waals surface area contributed by atoms with Crippen molar-refractivity contribution in [2.45, 2.75) is 19.4 Å². The van der Waals surface area contributed by atoms with Gasteiger partial charge in [0.2, 0.25) is 5.91 Å². The predicted molar refractivity (Wildman–Crippen MR) is 43.3 cm³/mol. The van der Waals surface area contributed by atoms with Crippen molar-refractivity contribution < 1.29 is 14.3 Å². The Labute approximate surface area is 71.3 Å². The Morgan fingerprint density at radius 2 is 2.17 bits per heavy atom. The van der Waals surface area contributed by atoms with E-state index in [1.807, 2.05) is 0 Å². The summed E-state index contributed by atoms with van der Waals surface area (Å²) in [5.74, 6) is -0.799. The van der Waals surface area contributed by atoms with E-state index in [2.05, 4.69) is 10.1 Å². The maximum atomic E-state index is 10.9. The molecule has 0 rings (SSSR count). The van der Waals surface area contributed by atoms with E-state index in [4.69, 9.17) is 5.73 Å². The van der Waals surface area contributed by atoms with Gasteiger partial charge in [-0.25, -0.2) is 4.79 Å². The molecule has 0 aromatic heterocycles. The molecule has 0 aromatic carbocycles. The zero-order chi connectivity index (χ0) is 9.56. The normalized spacial score (nSPS) is 11.9. The number of rotatable bonds is 4. The van der Waals surface area contributed by atoms with E-state index in [1.54, 1.807) is 6.92 Å². The van der Waals surface area contributed by atoms with Gasteiger partial charge in [-0.1, -0.05) is 6.92 Å². The van der Waals surface area contributed by atoms with E-state index in [1.165, 1.54) is 7.11 Å². The highest BCUT2D eigenvalue weighted by atomic mass is 16.5. The van der Waals surface area contributed by atoms with Gasteiger partial charge in [0.1, 0.15) is 6.04 Å². The maximum absolute atomic E-state index is 10.9. The standard InChI is InChI=1S/C7H14N2O3/c1-3-5(7(11)12-2)9-6(10)4-8/h5H,3-4,8H2,1-2H3,(H,9,10)/t5-/m0/s1. The summed E-state index contributed by atoms with van der Waals surface area (Å²) in [7, 11) is 1.28. The molecule has 0 heterocycles. The molecule has 0 aromatic rings. The van der Waals surface area contributed by atoms with Gasteiger partial charge >= 0.3 is 5.97 Å². The summed E-state index contributed by atoms with van der Waals surface area (Å²) in [6.45, 7) is 1.66. The third-order valence-corrected chi connectivity index (χ3v) is 1.41. The summed E-state index contributed by atoms with van der Waals surface area (Å²) in [6.07, 6.45) is 0.498. The van der Waals surface area contributed by atoms with Crippen molar-refractivity contribution in [3.63, 3.8) is 0 Å². The lowest BCUT2D eigenvalue weighted by molar-refractivity contribution is -0.145. The van der Waals surface area contributed by atoms with Crippen LogP contribution in [0.15, 0.2) is 0 Å². The van der Waals surface area contributed by atoms with Crippen molar-refractivity contribution in [3.8, 4) is 0 Å². The summed E-state index contributed by atoms with van der Waals surface area (Å²) >= 11 is 0. The van der Waals surface area contributed by atoms with Crippen molar-refractivity contribution in [3.05, 3.63) is 0 Å². The van der Waals surface area contributed by atoms with Gasteiger partial charge in [-0.2, -0.15) is 0 Å². The van der Waals surface area contributed by atoms with Gasteiger partial charge in [0, 0.05) is 0 Å². The van der Waals surface area contributed by atoms with Crippen LogP contribution in [-0.2, 0) is 14.3 Å². The number of nitrogens with one attached hydrogen (secondary N) is 1. The second-order valence-electron chi connectivity index (χ2n) is 2.26. The minimum absolute atomic E-state index is 0.118. The predicted octanol–water partition coefficient (Wildman–Crippen LogP) is -0.987. The summed E-state index contributed by atoms with van der Waals surface area (Å²) in [5, 5.41) is 2.43. The van der Waals surface area contributed by atoms with Gasteiger partial charge in [0.25, 0.3) is 0 Å².